The van der Waals surface area contributed by atoms with Crippen LogP contribution in [0.5, 0.6) is 0 Å². The molecule has 1 aliphatic heterocycles. The molecule has 0 saturated carbocycles. The number of nitrogens with one attached hydrogen (secondary N) is 1. The molecule has 0 aliphatic carbocycles. The van der Waals surface area contributed by atoms with Crippen LogP contribution in [0.15, 0.2) is 48.7 Å². The van der Waals surface area contributed by atoms with E-state index in [2.05, 4.69) is 5.32 Å². The molecule has 1 saturated heterocycles. The van der Waals surface area contributed by atoms with Gasteiger partial charge in [-0.1, -0.05) is 30.3 Å². The number of piperidine rings is 1. The fourth-order valence-electron chi connectivity index (χ4n) is 3.10. The molecule has 1 fully saturated rings. The van der Waals surface area contributed by atoms with Crippen molar-refractivity contribution in [3.63, 3.8) is 0 Å². The molecule has 7 heteroatoms. The van der Waals surface area contributed by atoms with Crippen LogP contribution in [-0.4, -0.2) is 46.8 Å². The number of carbonyl (C=O) groups is 2. The van der Waals surface area contributed by atoms with Crippen LogP contribution in [0.2, 0.25) is 0 Å². The van der Waals surface area contributed by atoms with Crippen molar-refractivity contribution in [3.8, 4) is 0 Å². The fraction of sp³-hybridized carbons (Fsp3) is 0.400. The van der Waals surface area contributed by atoms with Crippen LogP contribution in [0.25, 0.3) is 0 Å². The number of ether oxygens (including phenoxy) is 1. The maximum absolute atomic E-state index is 15.0. The monoisotopic (exact) mass is 373 g/mol. The Labute approximate surface area is 157 Å². The van der Waals surface area contributed by atoms with Crippen molar-refractivity contribution in [1.82, 2.24) is 14.8 Å². The summed E-state index contributed by atoms with van der Waals surface area (Å²) in [4.78, 5) is 25.8. The normalized spacial score (nSPS) is 16.0. The van der Waals surface area contributed by atoms with Gasteiger partial charge >= 0.3 is 6.09 Å². The molecule has 3 rings (SSSR count). The lowest BCUT2D eigenvalue weighted by Crippen LogP contribution is -2.49. The summed E-state index contributed by atoms with van der Waals surface area (Å²) in [6.07, 6.45) is 1.66. The van der Waals surface area contributed by atoms with E-state index in [4.69, 9.17) is 4.74 Å². The van der Waals surface area contributed by atoms with Crippen LogP contribution < -0.4 is 5.32 Å². The Morgan fingerprint density at radius 3 is 2.48 bits per heavy atom. The van der Waals surface area contributed by atoms with E-state index in [-0.39, 0.29) is 45.0 Å². The average molecular weight is 373 g/mol. The van der Waals surface area contributed by atoms with Crippen molar-refractivity contribution in [3.05, 3.63) is 59.9 Å². The fourth-order valence-corrected chi connectivity index (χ4v) is 3.10. The first kappa shape index (κ1) is 18.9. The van der Waals surface area contributed by atoms with Gasteiger partial charge in [-0.15, -0.1) is 0 Å². The average Bonchev–Trinajstić information content (AvgIpc) is 3.12. The van der Waals surface area contributed by atoms with Gasteiger partial charge in [-0.05, 0) is 17.7 Å². The second-order valence-electron chi connectivity index (χ2n) is 6.87. The summed E-state index contributed by atoms with van der Waals surface area (Å²) in [6, 6.07) is 12.9. The Hall–Kier alpha value is -2.83. The highest BCUT2D eigenvalue weighted by atomic mass is 19.1. The lowest BCUT2D eigenvalue weighted by molar-refractivity contribution is 0.0397. The Morgan fingerprint density at radius 2 is 1.85 bits per heavy atom. The number of rotatable bonds is 5. The van der Waals surface area contributed by atoms with Gasteiger partial charge in [0.1, 0.15) is 18.0 Å². The number of hydrogen-bond acceptors (Lipinski definition) is 3. The molecule has 2 amide bonds. The number of likely N-dealkylation sites (tertiary alicyclic amines) is 1. The van der Waals surface area contributed by atoms with E-state index >= 15 is 0 Å². The third kappa shape index (κ3) is 4.87. The van der Waals surface area contributed by atoms with Gasteiger partial charge in [0.15, 0.2) is 0 Å². The summed E-state index contributed by atoms with van der Waals surface area (Å²) in [5, 5.41) is 2.66. The molecular weight excluding hydrogens is 349 g/mol. The zero-order chi connectivity index (χ0) is 19.3. The highest BCUT2D eigenvalue weighted by Crippen LogP contribution is 2.26. The summed E-state index contributed by atoms with van der Waals surface area (Å²) >= 11 is 0. The third-order valence-corrected chi connectivity index (χ3v) is 4.87. The minimum absolute atomic E-state index is 0.0656. The number of aromatic nitrogens is 1. The van der Waals surface area contributed by atoms with Crippen LogP contribution in [0, 0.1) is 0 Å². The van der Waals surface area contributed by atoms with Crippen molar-refractivity contribution < 1.29 is 18.7 Å². The molecule has 144 valence electrons. The van der Waals surface area contributed by atoms with Gasteiger partial charge in [0, 0.05) is 39.2 Å². The van der Waals surface area contributed by atoms with Gasteiger partial charge in [-0.2, -0.15) is 0 Å². The van der Waals surface area contributed by atoms with E-state index in [0.717, 1.165) is 5.56 Å². The summed E-state index contributed by atoms with van der Waals surface area (Å²) < 4.78 is 21.9. The van der Waals surface area contributed by atoms with Crippen molar-refractivity contribution >= 4 is 12.0 Å². The van der Waals surface area contributed by atoms with Crippen LogP contribution in [0.1, 0.15) is 28.9 Å². The van der Waals surface area contributed by atoms with Crippen molar-refractivity contribution in [1.29, 1.82) is 0 Å². The lowest BCUT2D eigenvalue weighted by atomic mass is 9.93. The molecule has 6 nitrogen and oxygen atoms in total. The smallest absolute Gasteiger partial charge is 0.410 e. The van der Waals surface area contributed by atoms with Gasteiger partial charge in [-0.3, -0.25) is 4.79 Å². The lowest BCUT2D eigenvalue weighted by Gasteiger charge is -2.35. The Bertz CT molecular complexity index is 783. The quantitative estimate of drug-likeness (QED) is 0.877. The molecule has 1 aromatic heterocycles. The van der Waals surface area contributed by atoms with Gasteiger partial charge in [0.25, 0.3) is 5.91 Å². The second-order valence-corrected chi connectivity index (χ2v) is 6.87. The largest absolute Gasteiger partial charge is 0.445 e. The molecule has 2 aromatic rings. The Balaban J connectivity index is 1.44. The zero-order valence-corrected chi connectivity index (χ0v) is 15.4. The first-order chi connectivity index (χ1) is 13.0. The SMILES string of the molecule is Cn1cccc1C(=O)NCC1(F)CCN(C(=O)OCc2ccccc2)CC1. The number of benzene rings is 1. The molecule has 1 N–H and O–H groups in total. The maximum atomic E-state index is 15.0. The van der Waals surface area contributed by atoms with Gasteiger partial charge in [-0.25, -0.2) is 9.18 Å². The number of carbonyl (C=O) groups excluding carboxylic acids is 2. The van der Waals surface area contributed by atoms with Crippen molar-refractivity contribution in [2.24, 2.45) is 7.05 Å². The first-order valence-electron chi connectivity index (χ1n) is 9.01. The van der Waals surface area contributed by atoms with E-state index in [1.54, 1.807) is 29.9 Å². The van der Waals surface area contributed by atoms with Gasteiger partial charge in [0.05, 0.1) is 6.54 Å². The van der Waals surface area contributed by atoms with E-state index in [1.807, 2.05) is 30.3 Å². The van der Waals surface area contributed by atoms with Gasteiger partial charge in [0.2, 0.25) is 0 Å². The first-order valence-corrected chi connectivity index (χ1v) is 9.01. The number of amides is 2. The van der Waals surface area contributed by atoms with Crippen LogP contribution >= 0.6 is 0 Å². The van der Waals surface area contributed by atoms with E-state index < -0.39 is 11.8 Å². The minimum Gasteiger partial charge on any atom is -0.445 e. The number of alkyl halides is 1. The Morgan fingerprint density at radius 1 is 1.15 bits per heavy atom. The van der Waals surface area contributed by atoms with Crippen LogP contribution in [-0.2, 0) is 18.4 Å². The molecule has 0 radical (unpaired) electrons. The summed E-state index contributed by atoms with van der Waals surface area (Å²) in [7, 11) is 1.76. The summed E-state index contributed by atoms with van der Waals surface area (Å²) in [6.45, 7) is 0.669. The number of halogens is 1. The minimum atomic E-state index is -1.52. The predicted molar refractivity (Wildman–Crippen MR) is 99.0 cm³/mol. The maximum Gasteiger partial charge on any atom is 0.410 e. The predicted octanol–water partition coefficient (Wildman–Crippen LogP) is 2.90. The van der Waals surface area contributed by atoms with Crippen molar-refractivity contribution in [2.75, 3.05) is 19.6 Å². The number of hydrogen-bond donors (Lipinski definition) is 1. The molecule has 0 bridgehead atoms. The summed E-state index contributed by atoms with van der Waals surface area (Å²) in [5.74, 6) is -0.302. The third-order valence-electron chi connectivity index (χ3n) is 4.87. The molecule has 1 aromatic carbocycles. The molecule has 0 spiro atoms. The van der Waals surface area contributed by atoms with Crippen LogP contribution in [0.3, 0.4) is 0 Å². The molecule has 2 heterocycles. The van der Waals surface area contributed by atoms with Crippen LogP contribution in [0.4, 0.5) is 9.18 Å². The topological polar surface area (TPSA) is 63.6 Å². The summed E-state index contributed by atoms with van der Waals surface area (Å²) in [5.41, 5.74) is -0.122. The standard InChI is InChI=1S/C20H24FN3O3/c1-23-11-5-8-17(23)18(25)22-15-20(21)9-12-24(13-10-20)19(26)27-14-16-6-3-2-4-7-16/h2-8,11H,9-10,12-15H2,1H3,(H,22,25). The van der Waals surface area contributed by atoms with Crippen molar-refractivity contribution in [2.45, 2.75) is 25.1 Å². The molecule has 0 atom stereocenters. The number of aryl methyl sites for hydroxylation is 1. The molecule has 1 aliphatic rings. The molecular formula is C20H24FN3O3. The molecule has 0 unspecified atom stereocenters. The van der Waals surface area contributed by atoms with E-state index in [9.17, 15) is 14.0 Å². The highest BCUT2D eigenvalue weighted by molar-refractivity contribution is 5.92. The van der Waals surface area contributed by atoms with Gasteiger partial charge < -0.3 is 19.5 Å². The Kier molecular flexibility index (Phi) is 5.78. The molecule has 27 heavy (non-hydrogen) atoms. The van der Waals surface area contributed by atoms with E-state index in [0.29, 0.717) is 5.69 Å². The van der Waals surface area contributed by atoms with E-state index in [1.165, 1.54) is 4.90 Å². The highest BCUT2D eigenvalue weighted by Gasteiger charge is 2.36. The second kappa shape index (κ2) is 8.24. The number of nitrogens with zero attached hydrogens (tertiary/aromatic N) is 2. The zero-order valence-electron chi connectivity index (χ0n) is 15.4.